The number of nitrogens with two attached hydrogens (primary N) is 1. The molecule has 5 heteroatoms. The molecule has 1 aliphatic heterocycles. The molecule has 1 aromatic rings. The Morgan fingerprint density at radius 2 is 2.14 bits per heavy atom. The van der Waals surface area contributed by atoms with Gasteiger partial charge in [-0.05, 0) is 18.2 Å². The number of fused-ring (bicyclic) bond motifs is 1. The van der Waals surface area contributed by atoms with Crippen molar-refractivity contribution in [3.63, 3.8) is 0 Å². The van der Waals surface area contributed by atoms with Gasteiger partial charge in [-0.2, -0.15) is 0 Å². The SMILES string of the molecule is NC(=O)c1ccc2c(c1)NCC(=O)N2. The highest BCUT2D eigenvalue weighted by atomic mass is 16.2. The molecule has 0 aliphatic carbocycles. The number of carbonyl (C=O) groups excluding carboxylic acids is 2. The van der Waals surface area contributed by atoms with E-state index < -0.39 is 5.91 Å². The van der Waals surface area contributed by atoms with Crippen LogP contribution in [-0.4, -0.2) is 18.4 Å². The van der Waals surface area contributed by atoms with Crippen molar-refractivity contribution in [1.29, 1.82) is 0 Å². The van der Waals surface area contributed by atoms with Gasteiger partial charge in [0.1, 0.15) is 0 Å². The summed E-state index contributed by atoms with van der Waals surface area (Å²) in [7, 11) is 0. The second kappa shape index (κ2) is 3.02. The number of benzene rings is 1. The minimum Gasteiger partial charge on any atom is -0.374 e. The third-order valence-electron chi connectivity index (χ3n) is 2.02. The standard InChI is InChI=1S/C9H9N3O2/c10-9(14)5-1-2-6-7(3-5)11-4-8(13)12-6/h1-3,11H,4H2,(H2,10,14)(H,12,13). The second-order valence-electron chi connectivity index (χ2n) is 3.03. The fourth-order valence-electron chi connectivity index (χ4n) is 1.32. The first-order chi connectivity index (χ1) is 6.66. The summed E-state index contributed by atoms with van der Waals surface area (Å²) in [5, 5.41) is 5.56. The van der Waals surface area contributed by atoms with Crippen LogP contribution in [-0.2, 0) is 4.79 Å². The van der Waals surface area contributed by atoms with Crippen LogP contribution in [0.1, 0.15) is 10.4 Å². The molecule has 0 saturated heterocycles. The van der Waals surface area contributed by atoms with Gasteiger partial charge in [0.25, 0.3) is 0 Å². The second-order valence-corrected chi connectivity index (χ2v) is 3.03. The molecule has 2 amide bonds. The summed E-state index contributed by atoms with van der Waals surface area (Å²) in [5.41, 5.74) is 6.94. The Hall–Kier alpha value is -2.04. The van der Waals surface area contributed by atoms with Crippen LogP contribution in [0.15, 0.2) is 18.2 Å². The molecular weight excluding hydrogens is 182 g/mol. The predicted octanol–water partition coefficient (Wildman–Crippen LogP) is 0.149. The Kier molecular flexibility index (Phi) is 1.85. The van der Waals surface area contributed by atoms with Gasteiger partial charge in [-0.25, -0.2) is 0 Å². The molecule has 1 aromatic carbocycles. The van der Waals surface area contributed by atoms with E-state index in [2.05, 4.69) is 10.6 Å². The van der Waals surface area contributed by atoms with E-state index in [-0.39, 0.29) is 12.5 Å². The molecule has 4 N–H and O–H groups in total. The quantitative estimate of drug-likeness (QED) is 0.590. The topological polar surface area (TPSA) is 84.2 Å². The fraction of sp³-hybridized carbons (Fsp3) is 0.111. The zero-order valence-electron chi connectivity index (χ0n) is 7.33. The van der Waals surface area contributed by atoms with Crippen molar-refractivity contribution in [1.82, 2.24) is 0 Å². The van der Waals surface area contributed by atoms with Crippen molar-refractivity contribution >= 4 is 23.2 Å². The van der Waals surface area contributed by atoms with Gasteiger partial charge >= 0.3 is 0 Å². The number of anilines is 2. The van der Waals surface area contributed by atoms with Crippen LogP contribution in [0.4, 0.5) is 11.4 Å². The normalized spacial score (nSPS) is 13.9. The molecule has 2 rings (SSSR count). The predicted molar refractivity (Wildman–Crippen MR) is 52.1 cm³/mol. The van der Waals surface area contributed by atoms with Crippen LogP contribution >= 0.6 is 0 Å². The summed E-state index contributed by atoms with van der Waals surface area (Å²) in [4.78, 5) is 21.8. The Labute approximate surface area is 80.3 Å². The minimum atomic E-state index is -0.480. The van der Waals surface area contributed by atoms with Gasteiger partial charge in [0.2, 0.25) is 11.8 Å². The summed E-state index contributed by atoms with van der Waals surface area (Å²) in [6.07, 6.45) is 0. The van der Waals surface area contributed by atoms with Gasteiger partial charge in [0.05, 0.1) is 17.9 Å². The molecule has 1 heterocycles. The van der Waals surface area contributed by atoms with E-state index in [0.29, 0.717) is 11.3 Å². The van der Waals surface area contributed by atoms with Crippen LogP contribution in [0, 0.1) is 0 Å². The molecule has 0 spiro atoms. The summed E-state index contributed by atoms with van der Waals surface area (Å²) >= 11 is 0. The van der Waals surface area contributed by atoms with Crippen molar-refractivity contribution in [2.75, 3.05) is 17.2 Å². The minimum absolute atomic E-state index is 0.0932. The molecule has 0 radical (unpaired) electrons. The van der Waals surface area contributed by atoms with Gasteiger partial charge in [0.15, 0.2) is 0 Å². The third-order valence-corrected chi connectivity index (χ3v) is 2.02. The lowest BCUT2D eigenvalue weighted by Gasteiger charge is -2.18. The van der Waals surface area contributed by atoms with Crippen molar-refractivity contribution in [2.45, 2.75) is 0 Å². The number of rotatable bonds is 1. The van der Waals surface area contributed by atoms with Gasteiger partial charge in [-0.1, -0.05) is 0 Å². The highest BCUT2D eigenvalue weighted by molar-refractivity contribution is 6.02. The number of amides is 2. The maximum absolute atomic E-state index is 11.0. The highest BCUT2D eigenvalue weighted by Crippen LogP contribution is 2.25. The maximum Gasteiger partial charge on any atom is 0.248 e. The molecule has 0 fully saturated rings. The third kappa shape index (κ3) is 1.39. The maximum atomic E-state index is 11.0. The van der Waals surface area contributed by atoms with E-state index in [1.807, 2.05) is 0 Å². The molecule has 0 bridgehead atoms. The molecule has 14 heavy (non-hydrogen) atoms. The first-order valence-corrected chi connectivity index (χ1v) is 4.14. The summed E-state index contributed by atoms with van der Waals surface area (Å²) in [6, 6.07) is 4.85. The number of nitrogens with one attached hydrogen (secondary N) is 2. The van der Waals surface area contributed by atoms with Crippen LogP contribution in [0.2, 0.25) is 0 Å². The largest absolute Gasteiger partial charge is 0.374 e. The Morgan fingerprint density at radius 1 is 1.36 bits per heavy atom. The van der Waals surface area contributed by atoms with Gasteiger partial charge < -0.3 is 16.4 Å². The van der Waals surface area contributed by atoms with Crippen LogP contribution in [0.5, 0.6) is 0 Å². The first kappa shape index (κ1) is 8.55. The average molecular weight is 191 g/mol. The lowest BCUT2D eigenvalue weighted by atomic mass is 10.1. The summed E-state index contributed by atoms with van der Waals surface area (Å²) < 4.78 is 0. The number of primary amides is 1. The van der Waals surface area contributed by atoms with E-state index >= 15 is 0 Å². The molecule has 0 unspecified atom stereocenters. The first-order valence-electron chi connectivity index (χ1n) is 4.14. The molecule has 1 aliphatic rings. The van der Waals surface area contributed by atoms with Crippen molar-refractivity contribution in [2.24, 2.45) is 5.73 Å². The van der Waals surface area contributed by atoms with Crippen LogP contribution in [0.25, 0.3) is 0 Å². The van der Waals surface area contributed by atoms with E-state index in [9.17, 15) is 9.59 Å². The fourth-order valence-corrected chi connectivity index (χ4v) is 1.32. The Bertz CT molecular complexity index is 415. The van der Waals surface area contributed by atoms with Crippen LogP contribution < -0.4 is 16.4 Å². The number of carbonyl (C=O) groups is 2. The molecule has 0 aromatic heterocycles. The van der Waals surface area contributed by atoms with Crippen molar-refractivity contribution in [3.05, 3.63) is 23.8 Å². The highest BCUT2D eigenvalue weighted by Gasteiger charge is 2.14. The van der Waals surface area contributed by atoms with Gasteiger partial charge in [-0.3, -0.25) is 9.59 Å². The van der Waals surface area contributed by atoms with Gasteiger partial charge in [-0.15, -0.1) is 0 Å². The zero-order valence-corrected chi connectivity index (χ0v) is 7.33. The summed E-state index contributed by atoms with van der Waals surface area (Å²) in [6.45, 7) is 0.217. The molecule has 72 valence electrons. The van der Waals surface area contributed by atoms with Crippen molar-refractivity contribution in [3.8, 4) is 0 Å². The Balaban J connectivity index is 2.41. The van der Waals surface area contributed by atoms with E-state index in [1.165, 1.54) is 0 Å². The molecule has 0 saturated carbocycles. The summed E-state index contributed by atoms with van der Waals surface area (Å²) in [5.74, 6) is -0.573. The lowest BCUT2D eigenvalue weighted by molar-refractivity contribution is -0.114. The molecule has 5 nitrogen and oxygen atoms in total. The monoisotopic (exact) mass is 191 g/mol. The molecular formula is C9H9N3O2. The lowest BCUT2D eigenvalue weighted by Crippen LogP contribution is -2.27. The number of hydrogen-bond donors (Lipinski definition) is 3. The van der Waals surface area contributed by atoms with E-state index in [4.69, 9.17) is 5.73 Å². The van der Waals surface area contributed by atoms with Gasteiger partial charge in [0, 0.05) is 5.56 Å². The smallest absolute Gasteiger partial charge is 0.248 e. The Morgan fingerprint density at radius 3 is 2.86 bits per heavy atom. The van der Waals surface area contributed by atoms with Crippen LogP contribution in [0.3, 0.4) is 0 Å². The molecule has 0 atom stereocenters. The van der Waals surface area contributed by atoms with E-state index in [0.717, 1.165) is 5.69 Å². The number of hydrogen-bond acceptors (Lipinski definition) is 3. The van der Waals surface area contributed by atoms with Crippen molar-refractivity contribution < 1.29 is 9.59 Å². The zero-order chi connectivity index (χ0) is 10.1. The average Bonchev–Trinajstić information content (AvgIpc) is 2.16. The van der Waals surface area contributed by atoms with E-state index in [1.54, 1.807) is 18.2 Å².